The maximum absolute atomic E-state index is 13.0. The summed E-state index contributed by atoms with van der Waals surface area (Å²) in [5.41, 5.74) is 22.7. The largest absolute Gasteiger partial charge is 0.493 e. The van der Waals surface area contributed by atoms with Crippen LogP contribution in [-0.4, -0.2) is 4.70 Å². The second-order valence-corrected chi connectivity index (χ2v) is 32.3. The predicted octanol–water partition coefficient (Wildman–Crippen LogP) is 35.4. The Bertz CT molecular complexity index is 2280. The normalized spacial score (nSPS) is 12.9. The summed E-state index contributed by atoms with van der Waals surface area (Å²) in [6.45, 7) is 9.27. The van der Waals surface area contributed by atoms with Gasteiger partial charge in [-0.25, -0.2) is 4.70 Å². The minimum absolute atomic E-state index is 0.976. The average Bonchev–Trinajstić information content (AvgIpc) is 1.60. The molecule has 2 aromatic rings. The van der Waals surface area contributed by atoms with Crippen LogP contribution < -0.4 is 0 Å². The summed E-state index contributed by atoms with van der Waals surface area (Å²) < 4.78 is 1.67. The molecule has 0 fully saturated rings. The second kappa shape index (κ2) is 72.3. The van der Waals surface area contributed by atoms with Gasteiger partial charge in [-0.3, -0.25) is 0 Å². The molecule has 578 valence electrons. The fourth-order valence-electron chi connectivity index (χ4n) is 16.1. The van der Waals surface area contributed by atoms with Gasteiger partial charge in [0, 0.05) is 16.7 Å². The third-order valence-corrected chi connectivity index (χ3v) is 22.8. The Hall–Kier alpha value is -3.26. The zero-order valence-corrected chi connectivity index (χ0v) is 68.6. The maximum Gasteiger partial charge on any atom is 0.215 e. The second-order valence-electron chi connectivity index (χ2n) is 32.3. The molecule has 0 bridgehead atoms. The van der Waals surface area contributed by atoms with Gasteiger partial charge in [-0.1, -0.05) is 492 Å². The van der Waals surface area contributed by atoms with E-state index in [2.05, 4.69) is 113 Å². The van der Waals surface area contributed by atoms with Crippen molar-refractivity contribution in [2.75, 3.05) is 0 Å². The molecule has 1 heterocycles. The number of unbranched alkanes of at least 4 members (excludes halogenated alkanes) is 64. The van der Waals surface area contributed by atoms with Crippen LogP contribution in [0.2, 0.25) is 0 Å². The molecule has 0 radical (unpaired) electrons. The van der Waals surface area contributed by atoms with E-state index in [0.717, 1.165) is 56.3 Å². The van der Waals surface area contributed by atoms with E-state index in [-0.39, 0.29) is 0 Å². The van der Waals surface area contributed by atoms with Gasteiger partial charge >= 0.3 is 0 Å². The van der Waals surface area contributed by atoms with Crippen LogP contribution >= 0.6 is 0 Å². The number of aryl methyl sites for hydroxylation is 2. The maximum atomic E-state index is 13.0. The van der Waals surface area contributed by atoms with E-state index in [1.807, 2.05) is 0 Å². The van der Waals surface area contributed by atoms with Gasteiger partial charge in [-0.05, 0) is 100 Å². The van der Waals surface area contributed by atoms with Crippen LogP contribution in [0, 0.1) is 0 Å². The average molecular weight is 1390 g/mol. The molecule has 2 aromatic carbocycles. The Morgan fingerprint density at radius 2 is 0.446 bits per heavy atom. The molecule has 1 aliphatic heterocycles. The summed E-state index contributed by atoms with van der Waals surface area (Å²) in [7, 11) is 0. The molecule has 0 atom stereocenters. The van der Waals surface area contributed by atoms with Gasteiger partial charge in [0.05, 0.1) is 5.57 Å². The summed E-state index contributed by atoms with van der Waals surface area (Å²) in [4.78, 5) is 0. The van der Waals surface area contributed by atoms with E-state index in [0.29, 0.717) is 0 Å². The third-order valence-electron chi connectivity index (χ3n) is 22.8. The van der Waals surface area contributed by atoms with Crippen LogP contribution in [0.5, 0.6) is 0 Å². The van der Waals surface area contributed by atoms with Crippen molar-refractivity contribution in [1.29, 1.82) is 0 Å². The Morgan fingerprint density at radius 1 is 0.228 bits per heavy atom. The van der Waals surface area contributed by atoms with Crippen molar-refractivity contribution in [3.05, 3.63) is 124 Å². The molecule has 1 aliphatic rings. The first-order valence-electron chi connectivity index (χ1n) is 46.3. The molecule has 0 N–H and O–H groups in total. The van der Waals surface area contributed by atoms with Crippen LogP contribution in [0.25, 0.3) is 16.9 Å². The Labute approximate surface area is 632 Å². The van der Waals surface area contributed by atoms with Crippen LogP contribution in [0.3, 0.4) is 0 Å². The van der Waals surface area contributed by atoms with Gasteiger partial charge in [-0.15, -0.1) is 0 Å². The van der Waals surface area contributed by atoms with E-state index < -0.39 is 0 Å². The smallest absolute Gasteiger partial charge is 0.215 e. The van der Waals surface area contributed by atoms with Crippen LogP contribution in [0.4, 0.5) is 0 Å². The molecular weight excluding hydrogens is 1220 g/mol. The van der Waals surface area contributed by atoms with Gasteiger partial charge in [0.25, 0.3) is 0 Å². The lowest BCUT2D eigenvalue weighted by Crippen LogP contribution is -2.06. The molecule has 0 saturated carbocycles. The van der Waals surface area contributed by atoms with Crippen LogP contribution in [0.1, 0.15) is 506 Å². The molecule has 3 rings (SSSR count). The molecule has 0 spiro atoms. The van der Waals surface area contributed by atoms with E-state index >= 15 is 0 Å². The minimum atomic E-state index is 0.976. The van der Waals surface area contributed by atoms with Gasteiger partial charge in [-0.2, -0.15) is 0 Å². The molecule has 2 heteroatoms. The molecule has 0 amide bonds. The Balaban J connectivity index is 1.49. The van der Waals surface area contributed by atoms with Crippen LogP contribution in [0.15, 0.2) is 96.1 Å². The zero-order valence-electron chi connectivity index (χ0n) is 68.6. The van der Waals surface area contributed by atoms with Crippen molar-refractivity contribution in [2.24, 2.45) is 0 Å². The fourth-order valence-corrected chi connectivity index (χ4v) is 16.1. The molecule has 101 heavy (non-hydrogen) atoms. The van der Waals surface area contributed by atoms with Crippen molar-refractivity contribution in [2.45, 2.75) is 496 Å². The summed E-state index contributed by atoms with van der Waals surface area (Å²) >= 11 is 0. The van der Waals surface area contributed by atoms with Gasteiger partial charge < -0.3 is 5.53 Å². The summed E-state index contributed by atoms with van der Waals surface area (Å²) in [6, 6.07) is 18.2. The van der Waals surface area contributed by atoms with Gasteiger partial charge in [0.15, 0.2) is 0 Å². The quantitative estimate of drug-likeness (QED) is 0.0358. The highest BCUT2D eigenvalue weighted by atomic mass is 15.2. The molecule has 0 unspecified atom stereocenters. The minimum Gasteiger partial charge on any atom is -0.493 e. The number of allylic oxidation sites excluding steroid dienone is 8. The lowest BCUT2D eigenvalue weighted by molar-refractivity contribution is -0.345. The topological polar surface area (TPSA) is 25.3 Å². The highest BCUT2D eigenvalue weighted by molar-refractivity contribution is 5.85. The fraction of sp³-hybridized carbons (Fsp3) is 0.778. The van der Waals surface area contributed by atoms with Crippen molar-refractivity contribution >= 4 is 11.4 Å². The number of benzene rings is 2. The Morgan fingerprint density at radius 3 is 0.723 bits per heavy atom. The molecule has 0 aromatic heterocycles. The lowest BCUT2D eigenvalue weighted by Gasteiger charge is -2.14. The lowest BCUT2D eigenvalue weighted by atomic mass is 9.91. The van der Waals surface area contributed by atoms with Crippen molar-refractivity contribution in [3.63, 3.8) is 0 Å². The van der Waals surface area contributed by atoms with E-state index in [4.69, 9.17) is 0 Å². The highest BCUT2D eigenvalue weighted by Crippen LogP contribution is 2.45. The number of hydrogen-bond donors (Lipinski definition) is 0. The Kier molecular flexibility index (Phi) is 65.8. The van der Waals surface area contributed by atoms with E-state index in [1.165, 1.54) is 457 Å². The standard InChI is InChI=1S/C99H172N2/c1-5-9-13-17-21-24-27-30-32-34-36-38-40-42-44-46-48-50-52-54-56-58-61-63-66-69-72-76-84-92-86-80-82-88-94(92)98-96(90-78-74-20-16-12-8-4)97(91-79-75-71-68-65-60-29-26-23-19-15-11-7-3)99(101(98)100)95-89-83-81-87-93(95)85-77-73-70-67-64-62-59-57-55-53-51-49-47-45-43-41-39-37-35-33-31-28-25-22-18-14-10-6-2/h69-70,72-73,79-83,86-89,91H,5-68,71,74-78,84-85,90H2,1-4H3. The van der Waals surface area contributed by atoms with Crippen molar-refractivity contribution in [1.82, 2.24) is 0 Å². The van der Waals surface area contributed by atoms with Crippen molar-refractivity contribution < 1.29 is 4.70 Å². The van der Waals surface area contributed by atoms with Crippen molar-refractivity contribution in [3.8, 4) is 0 Å². The SMILES string of the molecule is CCCCCCCCCCCCCC=CC1=C(c2ccccc2CCC=CCCCCCCCCCCCCCCCCCCCCCCCCCC)[N+](=[N-])C(c2ccccc2CCC=CCCCCCCCCCCCCCCCCCCCCCCCCCC)=C1CCCCCCCC. The molecule has 0 saturated heterocycles. The number of nitrogens with zero attached hydrogens (tertiary/aromatic N) is 2. The molecule has 0 aliphatic carbocycles. The highest BCUT2D eigenvalue weighted by Gasteiger charge is 2.36. The summed E-state index contributed by atoms with van der Waals surface area (Å²) in [5, 5.41) is 0. The number of rotatable bonds is 78. The summed E-state index contributed by atoms with van der Waals surface area (Å²) in [5.74, 6) is 0. The van der Waals surface area contributed by atoms with E-state index in [9.17, 15) is 5.53 Å². The third kappa shape index (κ3) is 51.6. The number of hydrogen-bond acceptors (Lipinski definition) is 0. The first-order valence-corrected chi connectivity index (χ1v) is 46.3. The monoisotopic (exact) mass is 1390 g/mol. The van der Waals surface area contributed by atoms with Crippen LogP contribution in [-0.2, 0) is 12.8 Å². The summed E-state index contributed by atoms with van der Waals surface area (Å²) in [6.07, 6.45) is 115. The van der Waals surface area contributed by atoms with Gasteiger partial charge in [0.2, 0.25) is 11.4 Å². The predicted molar refractivity (Wildman–Crippen MR) is 456 cm³/mol. The van der Waals surface area contributed by atoms with E-state index in [1.54, 1.807) is 4.70 Å². The first kappa shape index (κ1) is 91.9. The zero-order chi connectivity index (χ0) is 71.7. The van der Waals surface area contributed by atoms with Gasteiger partial charge in [0.1, 0.15) is 0 Å². The first-order chi connectivity index (χ1) is 50.2. The molecule has 2 nitrogen and oxygen atoms in total. The molecular formula is C99H172N2.